The number of hydrogen-bond acceptors (Lipinski definition) is 3. The smallest absolute Gasteiger partial charge is 0.425 e. The lowest BCUT2D eigenvalue weighted by Gasteiger charge is -2.19. The summed E-state index contributed by atoms with van der Waals surface area (Å²) < 4.78 is 46.3. The van der Waals surface area contributed by atoms with Crippen LogP contribution in [0, 0.1) is 0 Å². The van der Waals surface area contributed by atoms with Gasteiger partial charge in [-0.25, -0.2) is 0 Å². The molecule has 1 aromatic rings. The van der Waals surface area contributed by atoms with E-state index in [1.54, 1.807) is 6.07 Å². The van der Waals surface area contributed by atoms with Gasteiger partial charge in [0.15, 0.2) is 6.10 Å². The molecule has 16 heavy (non-hydrogen) atoms. The number of halogens is 3. The number of nitrogen functional groups attached to an aromatic ring is 1. The van der Waals surface area contributed by atoms with Crippen LogP contribution in [0.5, 0.6) is 11.5 Å². The topological polar surface area (TPSA) is 44.5 Å². The van der Waals surface area contributed by atoms with E-state index in [2.05, 4.69) is 0 Å². The standard InChI is InChI=1S/C10H12F3NO2/c1-6(10(11,12)13)16-8-5-3-4-7(15-2)9(8)14/h3-6H,14H2,1-2H3. The molecule has 0 spiro atoms. The van der Waals surface area contributed by atoms with Crippen LogP contribution < -0.4 is 15.2 Å². The molecule has 1 aromatic carbocycles. The van der Waals surface area contributed by atoms with Gasteiger partial charge in [-0.1, -0.05) is 6.07 Å². The first-order chi connectivity index (χ1) is 7.36. The molecule has 1 rings (SSSR count). The van der Waals surface area contributed by atoms with E-state index in [1.807, 2.05) is 0 Å². The van der Waals surface area contributed by atoms with E-state index < -0.39 is 12.3 Å². The normalized spacial score (nSPS) is 13.3. The van der Waals surface area contributed by atoms with Gasteiger partial charge in [0, 0.05) is 0 Å². The second-order valence-corrected chi connectivity index (χ2v) is 3.17. The number of para-hydroxylation sites is 1. The van der Waals surface area contributed by atoms with Crippen molar-refractivity contribution in [3.8, 4) is 11.5 Å². The molecular formula is C10H12F3NO2. The maximum atomic E-state index is 12.3. The van der Waals surface area contributed by atoms with Crippen molar-refractivity contribution in [3.05, 3.63) is 18.2 Å². The highest BCUT2D eigenvalue weighted by Crippen LogP contribution is 2.33. The van der Waals surface area contributed by atoms with Crippen LogP contribution in [0.15, 0.2) is 18.2 Å². The van der Waals surface area contributed by atoms with Crippen LogP contribution in [-0.4, -0.2) is 19.4 Å². The lowest BCUT2D eigenvalue weighted by atomic mass is 10.2. The molecule has 0 aliphatic rings. The highest BCUT2D eigenvalue weighted by Gasteiger charge is 2.38. The molecule has 0 aliphatic heterocycles. The number of nitrogens with two attached hydrogens (primary N) is 1. The summed E-state index contributed by atoms with van der Waals surface area (Å²) >= 11 is 0. The second kappa shape index (κ2) is 4.51. The summed E-state index contributed by atoms with van der Waals surface area (Å²) in [5, 5.41) is 0. The second-order valence-electron chi connectivity index (χ2n) is 3.17. The maximum absolute atomic E-state index is 12.3. The molecular weight excluding hydrogens is 223 g/mol. The van der Waals surface area contributed by atoms with Crippen molar-refractivity contribution in [3.63, 3.8) is 0 Å². The highest BCUT2D eigenvalue weighted by atomic mass is 19.4. The van der Waals surface area contributed by atoms with Gasteiger partial charge < -0.3 is 15.2 Å². The van der Waals surface area contributed by atoms with Gasteiger partial charge in [-0.05, 0) is 19.1 Å². The third-order valence-corrected chi connectivity index (χ3v) is 2.01. The third-order valence-electron chi connectivity index (χ3n) is 2.01. The predicted octanol–water partition coefficient (Wildman–Crippen LogP) is 2.61. The lowest BCUT2D eigenvalue weighted by molar-refractivity contribution is -0.189. The van der Waals surface area contributed by atoms with E-state index in [0.29, 0.717) is 0 Å². The summed E-state index contributed by atoms with van der Waals surface area (Å²) in [5.41, 5.74) is 5.62. The van der Waals surface area contributed by atoms with E-state index in [9.17, 15) is 13.2 Å². The van der Waals surface area contributed by atoms with Crippen LogP contribution in [0.4, 0.5) is 18.9 Å². The van der Waals surface area contributed by atoms with Crippen molar-refractivity contribution in [1.82, 2.24) is 0 Å². The van der Waals surface area contributed by atoms with E-state index in [0.717, 1.165) is 6.92 Å². The molecule has 0 heterocycles. The number of hydrogen-bond donors (Lipinski definition) is 1. The number of benzene rings is 1. The molecule has 0 aliphatic carbocycles. The Hall–Kier alpha value is -1.59. The summed E-state index contributed by atoms with van der Waals surface area (Å²) in [6.45, 7) is 0.916. The fraction of sp³-hybridized carbons (Fsp3) is 0.400. The van der Waals surface area contributed by atoms with Crippen molar-refractivity contribution < 1.29 is 22.6 Å². The lowest BCUT2D eigenvalue weighted by Crippen LogP contribution is -2.31. The number of ether oxygens (including phenoxy) is 2. The van der Waals surface area contributed by atoms with Crippen molar-refractivity contribution in [2.45, 2.75) is 19.2 Å². The minimum absolute atomic E-state index is 0.0378. The minimum Gasteiger partial charge on any atom is -0.494 e. The molecule has 1 unspecified atom stereocenters. The monoisotopic (exact) mass is 235 g/mol. The zero-order valence-corrected chi connectivity index (χ0v) is 8.84. The van der Waals surface area contributed by atoms with Gasteiger partial charge in [-0.3, -0.25) is 0 Å². The van der Waals surface area contributed by atoms with Gasteiger partial charge in [0.05, 0.1) is 7.11 Å². The summed E-state index contributed by atoms with van der Waals surface area (Å²) in [7, 11) is 1.38. The molecule has 2 N–H and O–H groups in total. The first kappa shape index (κ1) is 12.5. The fourth-order valence-corrected chi connectivity index (χ4v) is 1.06. The van der Waals surface area contributed by atoms with E-state index in [-0.39, 0.29) is 17.2 Å². The predicted molar refractivity (Wildman–Crippen MR) is 53.6 cm³/mol. The molecule has 90 valence electrons. The summed E-state index contributed by atoms with van der Waals surface area (Å²) in [5.74, 6) is 0.246. The molecule has 0 aromatic heterocycles. The summed E-state index contributed by atoms with van der Waals surface area (Å²) in [4.78, 5) is 0. The van der Waals surface area contributed by atoms with Crippen molar-refractivity contribution in [2.75, 3.05) is 12.8 Å². The van der Waals surface area contributed by atoms with Crippen molar-refractivity contribution in [2.24, 2.45) is 0 Å². The van der Waals surface area contributed by atoms with Crippen molar-refractivity contribution >= 4 is 5.69 Å². The van der Waals surface area contributed by atoms with Gasteiger partial charge in [0.25, 0.3) is 0 Å². The van der Waals surface area contributed by atoms with Gasteiger partial charge in [0.2, 0.25) is 0 Å². The SMILES string of the molecule is COc1cccc(OC(C)C(F)(F)F)c1N. The molecule has 0 amide bonds. The number of rotatable bonds is 3. The van der Waals surface area contributed by atoms with Crippen LogP contribution in [0.25, 0.3) is 0 Å². The van der Waals surface area contributed by atoms with Crippen molar-refractivity contribution in [1.29, 1.82) is 0 Å². The first-order valence-corrected chi connectivity index (χ1v) is 4.52. The Morgan fingerprint density at radius 3 is 2.31 bits per heavy atom. The Morgan fingerprint density at radius 1 is 1.25 bits per heavy atom. The van der Waals surface area contributed by atoms with Crippen LogP contribution >= 0.6 is 0 Å². The molecule has 6 heteroatoms. The zero-order valence-electron chi connectivity index (χ0n) is 8.84. The largest absolute Gasteiger partial charge is 0.494 e. The molecule has 0 saturated heterocycles. The van der Waals surface area contributed by atoms with Gasteiger partial charge >= 0.3 is 6.18 Å². The maximum Gasteiger partial charge on any atom is 0.425 e. The molecule has 0 radical (unpaired) electrons. The summed E-state index contributed by atoms with van der Waals surface area (Å²) in [6.07, 6.45) is -6.34. The minimum atomic E-state index is -4.42. The highest BCUT2D eigenvalue weighted by molar-refractivity contribution is 5.62. The van der Waals surface area contributed by atoms with Crippen LogP contribution in [0.3, 0.4) is 0 Å². The number of anilines is 1. The van der Waals surface area contributed by atoms with E-state index in [4.69, 9.17) is 15.2 Å². The Bertz CT molecular complexity index is 366. The van der Waals surface area contributed by atoms with Crippen LogP contribution in [0.1, 0.15) is 6.92 Å². The quantitative estimate of drug-likeness (QED) is 0.819. The van der Waals surface area contributed by atoms with Crippen LogP contribution in [-0.2, 0) is 0 Å². The summed E-state index contributed by atoms with van der Waals surface area (Å²) in [6, 6.07) is 4.41. The molecule has 0 bridgehead atoms. The molecule has 0 fully saturated rings. The third kappa shape index (κ3) is 2.71. The molecule has 3 nitrogen and oxygen atoms in total. The Morgan fingerprint density at radius 2 is 1.81 bits per heavy atom. The van der Waals surface area contributed by atoms with Gasteiger partial charge in [-0.15, -0.1) is 0 Å². The van der Waals surface area contributed by atoms with Gasteiger partial charge in [0.1, 0.15) is 17.2 Å². The average Bonchev–Trinajstić information content (AvgIpc) is 2.19. The molecule has 0 saturated carbocycles. The van der Waals surface area contributed by atoms with E-state index in [1.165, 1.54) is 19.2 Å². The Balaban J connectivity index is 2.90. The Labute approximate surface area is 91.0 Å². The zero-order chi connectivity index (χ0) is 12.3. The fourth-order valence-electron chi connectivity index (χ4n) is 1.06. The number of methoxy groups -OCH3 is 1. The number of alkyl halides is 3. The average molecular weight is 235 g/mol. The first-order valence-electron chi connectivity index (χ1n) is 4.52. The molecule has 1 atom stereocenters. The Kier molecular flexibility index (Phi) is 3.51. The van der Waals surface area contributed by atoms with E-state index >= 15 is 0 Å². The van der Waals surface area contributed by atoms with Crippen LogP contribution in [0.2, 0.25) is 0 Å². The van der Waals surface area contributed by atoms with Gasteiger partial charge in [-0.2, -0.15) is 13.2 Å².